The van der Waals surface area contributed by atoms with Gasteiger partial charge in [-0.25, -0.2) is 0 Å². The van der Waals surface area contributed by atoms with Crippen LogP contribution < -0.4 is 5.32 Å². The summed E-state index contributed by atoms with van der Waals surface area (Å²) >= 11 is 0. The Morgan fingerprint density at radius 2 is 1.11 bits per heavy atom. The van der Waals surface area contributed by atoms with Crippen molar-refractivity contribution in [3.8, 4) is 0 Å². The van der Waals surface area contributed by atoms with Crippen LogP contribution in [0.2, 0.25) is 0 Å². The quantitative estimate of drug-likeness (QED) is 0.407. The summed E-state index contributed by atoms with van der Waals surface area (Å²) in [6.45, 7) is 2.20. The van der Waals surface area contributed by atoms with Gasteiger partial charge in [-0.05, 0) is 50.9 Å². The van der Waals surface area contributed by atoms with Crippen molar-refractivity contribution in [2.24, 2.45) is 0 Å². The number of fused-ring (bicyclic) bond motifs is 6. The van der Waals surface area contributed by atoms with Crippen LogP contribution in [0, 0.1) is 0 Å². The van der Waals surface area contributed by atoms with Crippen LogP contribution in [0.3, 0.4) is 0 Å². The molecule has 3 N–H and O–H groups in total. The highest BCUT2D eigenvalue weighted by Crippen LogP contribution is 2.35. The van der Waals surface area contributed by atoms with Crippen molar-refractivity contribution in [3.63, 3.8) is 0 Å². The van der Waals surface area contributed by atoms with E-state index in [1.54, 1.807) is 0 Å². The van der Waals surface area contributed by atoms with Gasteiger partial charge < -0.3 is 15.5 Å². The van der Waals surface area contributed by atoms with Gasteiger partial charge >= 0.3 is 0 Å². The average molecular weight is 418 g/mol. The van der Waals surface area contributed by atoms with Crippen molar-refractivity contribution in [3.05, 3.63) is 72.3 Å². The molecule has 4 aromatic rings. The molecule has 0 fully saturated rings. The van der Waals surface area contributed by atoms with Crippen LogP contribution in [0.4, 0.5) is 0 Å². The van der Waals surface area contributed by atoms with Crippen molar-refractivity contribution in [2.45, 2.75) is 19.0 Å². The molecule has 0 aliphatic heterocycles. The largest absolute Gasteiger partial charge is 0.394 e. The molecule has 0 saturated heterocycles. The molecule has 3 nitrogen and oxygen atoms in total. The summed E-state index contributed by atoms with van der Waals surface area (Å²) in [5, 5.41) is 29.7. The third kappa shape index (κ3) is 3.95. The monoisotopic (exact) mass is 417 g/mol. The number of hydrogen-bond donors (Lipinski definition) is 3. The molecule has 0 atom stereocenters. The topological polar surface area (TPSA) is 52.5 Å². The number of aliphatic hydroxyl groups is 2. The second-order valence-electron chi connectivity index (χ2n) is 7.20. The third-order valence-corrected chi connectivity index (χ3v) is 5.23. The smallest absolute Gasteiger partial charge is 0.0633 e. The second kappa shape index (κ2) is 9.08. The number of aliphatic hydroxyl groups excluding tert-OH is 2. The molecule has 0 aromatic heterocycles. The Labute approximate surface area is 177 Å². The van der Waals surface area contributed by atoms with Gasteiger partial charge in [0.05, 0.1) is 18.8 Å². The van der Waals surface area contributed by atoms with E-state index in [1.165, 1.54) is 32.3 Å². The van der Waals surface area contributed by atoms with E-state index in [2.05, 4.69) is 72.0 Å². The van der Waals surface area contributed by atoms with Gasteiger partial charge in [0.1, 0.15) is 0 Å². The highest BCUT2D eigenvalue weighted by atomic mass is 35.5. The van der Waals surface area contributed by atoms with Crippen LogP contribution >= 0.6 is 24.8 Å². The van der Waals surface area contributed by atoms with E-state index in [1.807, 2.05) is 6.92 Å². The highest BCUT2D eigenvalue weighted by molar-refractivity contribution is 6.25. The molecule has 0 bridgehead atoms. The summed E-state index contributed by atoms with van der Waals surface area (Å²) in [6, 6.07) is 23.6. The first kappa shape index (κ1) is 22.4. The Hall–Kier alpha value is -1.88. The Morgan fingerprint density at radius 3 is 1.57 bits per heavy atom. The molecule has 0 saturated carbocycles. The first-order valence-corrected chi connectivity index (χ1v) is 8.94. The molecule has 0 aliphatic rings. The maximum atomic E-state index is 9.47. The predicted octanol–water partition coefficient (Wildman–Crippen LogP) is 4.82. The Bertz CT molecular complexity index is 1060. The zero-order valence-corrected chi connectivity index (χ0v) is 17.3. The molecule has 5 heteroatoms. The van der Waals surface area contributed by atoms with Crippen LogP contribution in [0.15, 0.2) is 66.7 Å². The molecule has 0 aliphatic carbocycles. The highest BCUT2D eigenvalue weighted by Gasteiger charge is 2.21. The Balaban J connectivity index is 0.00000140. The molecule has 0 unspecified atom stereocenters. The lowest BCUT2D eigenvalue weighted by Crippen LogP contribution is -2.48. The fourth-order valence-corrected chi connectivity index (χ4v) is 3.54. The summed E-state index contributed by atoms with van der Waals surface area (Å²) in [7, 11) is 0. The lowest BCUT2D eigenvalue weighted by atomic mass is 9.93. The lowest BCUT2D eigenvalue weighted by molar-refractivity contribution is 0.103. The molecule has 0 spiro atoms. The fourth-order valence-electron chi connectivity index (χ4n) is 3.54. The maximum Gasteiger partial charge on any atom is 0.0633 e. The van der Waals surface area contributed by atoms with Gasteiger partial charge in [-0.3, -0.25) is 0 Å². The fraction of sp³-hybridized carbons (Fsp3) is 0.217. The average Bonchev–Trinajstić information content (AvgIpc) is 2.72. The van der Waals surface area contributed by atoms with Crippen molar-refractivity contribution >= 4 is 57.1 Å². The third-order valence-electron chi connectivity index (χ3n) is 5.23. The van der Waals surface area contributed by atoms with Crippen LogP contribution in [-0.4, -0.2) is 29.0 Å². The van der Waals surface area contributed by atoms with Crippen molar-refractivity contribution in [2.75, 3.05) is 13.2 Å². The summed E-state index contributed by atoms with van der Waals surface area (Å²) in [5.41, 5.74) is 0.450. The van der Waals surface area contributed by atoms with E-state index in [0.29, 0.717) is 6.54 Å². The summed E-state index contributed by atoms with van der Waals surface area (Å²) in [4.78, 5) is 0. The first-order chi connectivity index (χ1) is 12.6. The molecule has 0 amide bonds. The van der Waals surface area contributed by atoms with Crippen LogP contribution in [0.1, 0.15) is 12.5 Å². The molecular weight excluding hydrogens is 393 g/mol. The van der Waals surface area contributed by atoms with Crippen LogP contribution in [0.5, 0.6) is 0 Å². The number of benzene rings is 4. The molecule has 148 valence electrons. The standard InChI is InChI=1S/C23H23NO2.2ClH/c1-23(14-25,15-26)24-13-16-10-11-21-19-8-3-2-6-17(19)18-7-4-5-9-20(18)22(21)12-16;;/h2-12,24-26H,13-15H2,1H3;2*1H. The Morgan fingerprint density at radius 1 is 0.679 bits per heavy atom. The van der Waals surface area contributed by atoms with Crippen molar-refractivity contribution < 1.29 is 10.2 Å². The molecule has 28 heavy (non-hydrogen) atoms. The lowest BCUT2D eigenvalue weighted by Gasteiger charge is -2.26. The van der Waals surface area contributed by atoms with E-state index in [-0.39, 0.29) is 38.0 Å². The zero-order valence-electron chi connectivity index (χ0n) is 15.7. The molecule has 0 heterocycles. The van der Waals surface area contributed by atoms with Gasteiger partial charge in [-0.15, -0.1) is 24.8 Å². The number of hydrogen-bond acceptors (Lipinski definition) is 3. The van der Waals surface area contributed by atoms with Gasteiger partial charge in [0.25, 0.3) is 0 Å². The van der Waals surface area contributed by atoms with Crippen LogP contribution in [0.25, 0.3) is 32.3 Å². The van der Waals surface area contributed by atoms with Crippen molar-refractivity contribution in [1.29, 1.82) is 0 Å². The van der Waals surface area contributed by atoms with Gasteiger partial charge in [-0.2, -0.15) is 0 Å². The number of nitrogens with one attached hydrogen (secondary N) is 1. The van der Waals surface area contributed by atoms with Gasteiger partial charge in [0.15, 0.2) is 0 Å². The van der Waals surface area contributed by atoms with Gasteiger partial charge in [-0.1, -0.05) is 60.7 Å². The maximum absolute atomic E-state index is 9.47. The number of halogens is 2. The Kier molecular flexibility index (Phi) is 7.27. The van der Waals surface area contributed by atoms with E-state index < -0.39 is 5.54 Å². The normalized spacial score (nSPS) is 11.4. The predicted molar refractivity (Wildman–Crippen MR) is 123 cm³/mol. The van der Waals surface area contributed by atoms with Crippen molar-refractivity contribution in [1.82, 2.24) is 5.32 Å². The minimum Gasteiger partial charge on any atom is -0.394 e. The molecule has 4 aromatic carbocycles. The summed E-state index contributed by atoms with van der Waals surface area (Å²) < 4.78 is 0. The van der Waals surface area contributed by atoms with Crippen LogP contribution in [-0.2, 0) is 6.54 Å². The van der Waals surface area contributed by atoms with E-state index >= 15 is 0 Å². The molecular formula is C23H25Cl2NO2. The van der Waals surface area contributed by atoms with E-state index in [0.717, 1.165) is 5.56 Å². The zero-order chi connectivity index (χ0) is 18.1. The second-order valence-corrected chi connectivity index (χ2v) is 7.20. The molecule has 0 radical (unpaired) electrons. The van der Waals surface area contributed by atoms with Gasteiger partial charge in [0.2, 0.25) is 0 Å². The molecule has 4 rings (SSSR count). The van der Waals surface area contributed by atoms with E-state index in [4.69, 9.17) is 0 Å². The minimum atomic E-state index is -0.680. The summed E-state index contributed by atoms with van der Waals surface area (Å²) in [5.74, 6) is 0. The summed E-state index contributed by atoms with van der Waals surface area (Å²) in [6.07, 6.45) is 0. The SMILES string of the molecule is CC(CO)(CO)NCc1ccc2c3ccccc3c3ccccc3c2c1.Cl.Cl. The minimum absolute atomic E-state index is 0. The van der Waals surface area contributed by atoms with E-state index in [9.17, 15) is 10.2 Å². The number of rotatable bonds is 5. The first-order valence-electron chi connectivity index (χ1n) is 8.94. The van der Waals surface area contributed by atoms with Gasteiger partial charge in [0, 0.05) is 6.54 Å².